The van der Waals surface area contributed by atoms with Gasteiger partial charge in [0.15, 0.2) is 0 Å². The second kappa shape index (κ2) is 6.10. The van der Waals surface area contributed by atoms with Gasteiger partial charge in [0, 0.05) is 10.7 Å². The summed E-state index contributed by atoms with van der Waals surface area (Å²) in [5, 5.41) is 13.0. The molecule has 0 fully saturated rings. The Morgan fingerprint density at radius 1 is 1.50 bits per heavy atom. The molecule has 2 N–H and O–H groups in total. The van der Waals surface area contributed by atoms with Gasteiger partial charge in [0.1, 0.15) is 5.54 Å². The normalized spacial score (nSPS) is 14.3. The number of halogens is 1. The van der Waals surface area contributed by atoms with E-state index in [1.54, 1.807) is 25.1 Å². The fraction of sp³-hybridized carbons (Fsp3) is 0.500. The summed E-state index contributed by atoms with van der Waals surface area (Å²) in [5.74, 6) is -0.368. The minimum absolute atomic E-state index is 0.477. The largest absolute Gasteiger partial charge is 0.480 e. The summed E-state index contributed by atoms with van der Waals surface area (Å²) in [6.07, 6.45) is 1.43. The molecule has 0 bridgehead atoms. The Bertz CT molecular complexity index is 420. The van der Waals surface area contributed by atoms with E-state index in [-0.39, 0.29) is 0 Å². The van der Waals surface area contributed by atoms with Crippen LogP contribution < -0.4 is 5.32 Å². The van der Waals surface area contributed by atoms with Crippen LogP contribution in [-0.2, 0) is 4.79 Å². The van der Waals surface area contributed by atoms with Gasteiger partial charge in [-0.3, -0.25) is 0 Å². The van der Waals surface area contributed by atoms with E-state index in [4.69, 9.17) is 11.6 Å². The number of nitrogens with one attached hydrogen (secondary N) is 1. The maximum absolute atomic E-state index is 11.4. The van der Waals surface area contributed by atoms with Crippen LogP contribution in [0.1, 0.15) is 33.6 Å². The predicted molar refractivity (Wildman–Crippen MR) is 75.2 cm³/mol. The predicted octanol–water partition coefficient (Wildman–Crippen LogP) is 4.03. The zero-order valence-electron chi connectivity index (χ0n) is 11.0. The van der Waals surface area contributed by atoms with E-state index in [1.165, 1.54) is 0 Å². The lowest BCUT2D eigenvalue weighted by molar-refractivity contribution is -0.142. The molecule has 3 nitrogen and oxygen atoms in total. The van der Waals surface area contributed by atoms with Gasteiger partial charge in [-0.25, -0.2) is 4.79 Å². The van der Waals surface area contributed by atoms with Crippen molar-refractivity contribution in [3.05, 3.63) is 29.3 Å². The standard InChI is InChI=1S/C14H20ClNO2/c1-10(2)7-8-14(3,13(17)18)16-12-6-4-5-11(15)9-12/h4-6,9-10,16H,7-8H2,1-3H3,(H,17,18). The van der Waals surface area contributed by atoms with Crippen LogP contribution in [0, 0.1) is 5.92 Å². The first-order valence-electron chi connectivity index (χ1n) is 6.10. The van der Waals surface area contributed by atoms with Gasteiger partial charge in [-0.2, -0.15) is 0 Å². The van der Waals surface area contributed by atoms with Crippen molar-refractivity contribution >= 4 is 23.3 Å². The van der Waals surface area contributed by atoms with Crippen molar-refractivity contribution in [3.63, 3.8) is 0 Å². The molecule has 0 saturated carbocycles. The number of hydrogen-bond acceptors (Lipinski definition) is 2. The summed E-state index contributed by atoms with van der Waals surface area (Å²) < 4.78 is 0. The molecule has 0 heterocycles. The summed E-state index contributed by atoms with van der Waals surface area (Å²) in [5.41, 5.74) is -0.231. The molecule has 0 aliphatic rings. The molecule has 4 heteroatoms. The quantitative estimate of drug-likeness (QED) is 0.820. The van der Waals surface area contributed by atoms with Crippen LogP contribution in [0.3, 0.4) is 0 Å². The van der Waals surface area contributed by atoms with Crippen LogP contribution in [0.25, 0.3) is 0 Å². The SMILES string of the molecule is CC(C)CCC(C)(Nc1cccc(Cl)c1)C(=O)O. The second-order valence-corrected chi connectivity index (χ2v) is 5.64. The Kier molecular flexibility index (Phi) is 5.03. The lowest BCUT2D eigenvalue weighted by atomic mass is 9.91. The van der Waals surface area contributed by atoms with E-state index in [1.807, 2.05) is 6.07 Å². The fourth-order valence-electron chi connectivity index (χ4n) is 1.69. The minimum atomic E-state index is -0.963. The van der Waals surface area contributed by atoms with Crippen molar-refractivity contribution in [2.45, 2.75) is 39.2 Å². The van der Waals surface area contributed by atoms with E-state index in [2.05, 4.69) is 19.2 Å². The number of anilines is 1. The molecule has 1 aromatic carbocycles. The Balaban J connectivity index is 2.82. The maximum atomic E-state index is 11.4. The van der Waals surface area contributed by atoms with Crippen LogP contribution in [-0.4, -0.2) is 16.6 Å². The van der Waals surface area contributed by atoms with Gasteiger partial charge in [-0.1, -0.05) is 31.5 Å². The van der Waals surface area contributed by atoms with Crippen molar-refractivity contribution < 1.29 is 9.90 Å². The van der Waals surface area contributed by atoms with Crippen molar-refractivity contribution in [2.24, 2.45) is 5.92 Å². The third kappa shape index (κ3) is 4.22. The highest BCUT2D eigenvalue weighted by atomic mass is 35.5. The zero-order valence-corrected chi connectivity index (χ0v) is 11.8. The molecule has 1 aromatic rings. The Hall–Kier alpha value is -1.22. The summed E-state index contributed by atoms with van der Waals surface area (Å²) in [7, 11) is 0. The highest BCUT2D eigenvalue weighted by Crippen LogP contribution is 2.24. The van der Waals surface area contributed by atoms with Crippen LogP contribution in [0.15, 0.2) is 24.3 Å². The average molecular weight is 270 g/mol. The van der Waals surface area contributed by atoms with Crippen LogP contribution in [0.5, 0.6) is 0 Å². The topological polar surface area (TPSA) is 49.3 Å². The molecule has 0 aromatic heterocycles. The summed E-state index contributed by atoms with van der Waals surface area (Å²) in [6.45, 7) is 5.88. The van der Waals surface area contributed by atoms with Gasteiger partial charge in [-0.05, 0) is 43.9 Å². The lowest BCUT2D eigenvalue weighted by Crippen LogP contribution is -2.43. The zero-order chi connectivity index (χ0) is 13.8. The van der Waals surface area contributed by atoms with E-state index in [9.17, 15) is 9.90 Å². The number of aliphatic carboxylic acids is 1. The van der Waals surface area contributed by atoms with Crippen molar-refractivity contribution in [1.29, 1.82) is 0 Å². The van der Waals surface area contributed by atoms with Crippen molar-refractivity contribution in [1.82, 2.24) is 0 Å². The molecule has 1 rings (SSSR count). The van der Waals surface area contributed by atoms with Gasteiger partial charge in [0.05, 0.1) is 0 Å². The average Bonchev–Trinajstić information content (AvgIpc) is 2.26. The fourth-order valence-corrected chi connectivity index (χ4v) is 1.88. The number of carboxylic acid groups (broad SMARTS) is 1. The number of benzene rings is 1. The molecular formula is C14H20ClNO2. The summed E-state index contributed by atoms with van der Waals surface area (Å²) in [6, 6.07) is 7.12. The summed E-state index contributed by atoms with van der Waals surface area (Å²) in [4.78, 5) is 11.4. The van der Waals surface area contributed by atoms with Crippen molar-refractivity contribution in [3.8, 4) is 0 Å². The highest BCUT2D eigenvalue weighted by molar-refractivity contribution is 6.30. The van der Waals surface area contributed by atoms with E-state index >= 15 is 0 Å². The minimum Gasteiger partial charge on any atom is -0.480 e. The van der Waals surface area contributed by atoms with Crippen molar-refractivity contribution in [2.75, 3.05) is 5.32 Å². The first-order chi connectivity index (χ1) is 8.33. The van der Waals surface area contributed by atoms with Gasteiger partial charge >= 0.3 is 5.97 Å². The Labute approximate surface area is 113 Å². The highest BCUT2D eigenvalue weighted by Gasteiger charge is 2.32. The van der Waals surface area contributed by atoms with Crippen LogP contribution in [0.2, 0.25) is 5.02 Å². The number of carbonyl (C=O) groups is 1. The smallest absolute Gasteiger partial charge is 0.329 e. The van der Waals surface area contributed by atoms with Crippen LogP contribution in [0.4, 0.5) is 5.69 Å². The second-order valence-electron chi connectivity index (χ2n) is 5.21. The number of hydrogen-bond donors (Lipinski definition) is 2. The number of carboxylic acids is 1. The van der Waals surface area contributed by atoms with E-state index in [0.717, 1.165) is 12.1 Å². The van der Waals surface area contributed by atoms with Gasteiger partial charge in [-0.15, -0.1) is 0 Å². The molecular weight excluding hydrogens is 250 g/mol. The molecule has 0 radical (unpaired) electrons. The lowest BCUT2D eigenvalue weighted by Gasteiger charge is -2.28. The van der Waals surface area contributed by atoms with Gasteiger partial charge < -0.3 is 10.4 Å². The molecule has 1 atom stereocenters. The maximum Gasteiger partial charge on any atom is 0.329 e. The molecule has 0 aliphatic heterocycles. The first-order valence-corrected chi connectivity index (χ1v) is 6.48. The monoisotopic (exact) mass is 269 g/mol. The summed E-state index contributed by atoms with van der Waals surface area (Å²) >= 11 is 5.89. The third-order valence-electron chi connectivity index (χ3n) is 2.94. The molecule has 1 unspecified atom stereocenters. The molecule has 0 aliphatic carbocycles. The van der Waals surface area contributed by atoms with E-state index in [0.29, 0.717) is 17.4 Å². The molecule has 18 heavy (non-hydrogen) atoms. The molecule has 0 saturated heterocycles. The number of rotatable bonds is 6. The third-order valence-corrected chi connectivity index (χ3v) is 3.17. The first kappa shape index (κ1) is 14.8. The Morgan fingerprint density at radius 3 is 2.67 bits per heavy atom. The Morgan fingerprint density at radius 2 is 2.17 bits per heavy atom. The van der Waals surface area contributed by atoms with E-state index < -0.39 is 11.5 Å². The van der Waals surface area contributed by atoms with Crippen LogP contribution >= 0.6 is 11.6 Å². The molecule has 100 valence electrons. The van der Waals surface area contributed by atoms with Gasteiger partial charge in [0.25, 0.3) is 0 Å². The van der Waals surface area contributed by atoms with Gasteiger partial charge in [0.2, 0.25) is 0 Å². The molecule has 0 amide bonds. The molecule has 0 spiro atoms.